The first-order valence-electron chi connectivity index (χ1n) is 6.41. The summed E-state index contributed by atoms with van der Waals surface area (Å²) in [5, 5.41) is 2.78. The Hall–Kier alpha value is -0.610. The van der Waals surface area contributed by atoms with Crippen molar-refractivity contribution in [3.05, 3.63) is 0 Å². The van der Waals surface area contributed by atoms with Gasteiger partial charge >= 0.3 is 0 Å². The van der Waals surface area contributed by atoms with Gasteiger partial charge in [0.05, 0.1) is 6.10 Å². The van der Waals surface area contributed by atoms with Crippen molar-refractivity contribution >= 4 is 5.91 Å². The van der Waals surface area contributed by atoms with Gasteiger partial charge in [0.25, 0.3) is 0 Å². The lowest BCUT2D eigenvalue weighted by molar-refractivity contribution is -0.121. The van der Waals surface area contributed by atoms with Crippen molar-refractivity contribution in [2.75, 3.05) is 19.7 Å². The lowest BCUT2D eigenvalue weighted by Crippen LogP contribution is -2.28. The molecule has 0 saturated carbocycles. The van der Waals surface area contributed by atoms with E-state index in [0.29, 0.717) is 25.6 Å². The molecule has 1 saturated heterocycles. The van der Waals surface area contributed by atoms with Crippen molar-refractivity contribution in [1.29, 1.82) is 0 Å². The monoisotopic (exact) mass is 228 g/mol. The van der Waals surface area contributed by atoms with E-state index in [9.17, 15) is 4.79 Å². The normalized spacial score (nSPS) is 20.7. The number of carbonyl (C=O) groups is 1. The van der Waals surface area contributed by atoms with Crippen LogP contribution in [0, 0.1) is 0 Å². The average molecular weight is 228 g/mol. The molecule has 0 radical (unpaired) electrons. The molecular weight excluding hydrogens is 204 g/mol. The fourth-order valence-corrected chi connectivity index (χ4v) is 1.99. The molecule has 0 spiro atoms. The molecule has 1 fully saturated rings. The van der Waals surface area contributed by atoms with Crippen LogP contribution >= 0.6 is 0 Å². The Bertz CT molecular complexity index is 191. The van der Waals surface area contributed by atoms with Gasteiger partial charge in [0, 0.05) is 26.1 Å². The van der Waals surface area contributed by atoms with Crippen molar-refractivity contribution in [2.24, 2.45) is 5.73 Å². The summed E-state index contributed by atoms with van der Waals surface area (Å²) in [6.45, 7) is 2.02. The maximum Gasteiger partial charge on any atom is 0.220 e. The molecule has 4 nitrogen and oxygen atoms in total. The van der Waals surface area contributed by atoms with Crippen LogP contribution in [-0.4, -0.2) is 31.7 Å². The average Bonchev–Trinajstić information content (AvgIpc) is 2.33. The van der Waals surface area contributed by atoms with E-state index in [-0.39, 0.29) is 5.91 Å². The van der Waals surface area contributed by atoms with E-state index in [1.54, 1.807) is 0 Å². The van der Waals surface area contributed by atoms with Crippen molar-refractivity contribution < 1.29 is 9.53 Å². The predicted molar refractivity (Wildman–Crippen MR) is 64.1 cm³/mol. The lowest BCUT2D eigenvalue weighted by Gasteiger charge is -2.22. The molecule has 1 unspecified atom stereocenters. The Morgan fingerprint density at radius 3 is 2.94 bits per heavy atom. The molecule has 1 aliphatic rings. The number of nitrogens with one attached hydrogen (secondary N) is 1. The van der Waals surface area contributed by atoms with Gasteiger partial charge in [0.15, 0.2) is 0 Å². The van der Waals surface area contributed by atoms with E-state index in [4.69, 9.17) is 10.5 Å². The summed E-state index contributed by atoms with van der Waals surface area (Å²) in [5.41, 5.74) is 5.30. The fourth-order valence-electron chi connectivity index (χ4n) is 1.99. The fraction of sp³-hybridized carbons (Fsp3) is 0.917. The third-order valence-electron chi connectivity index (χ3n) is 2.92. The summed E-state index contributed by atoms with van der Waals surface area (Å²) in [4.78, 5) is 11.3. The molecule has 0 aliphatic carbocycles. The van der Waals surface area contributed by atoms with E-state index < -0.39 is 0 Å². The van der Waals surface area contributed by atoms with Gasteiger partial charge in [-0.25, -0.2) is 0 Å². The first-order chi connectivity index (χ1) is 7.83. The largest absolute Gasteiger partial charge is 0.378 e. The minimum atomic E-state index is 0.120. The minimum Gasteiger partial charge on any atom is -0.378 e. The van der Waals surface area contributed by atoms with Crippen LogP contribution in [0.1, 0.15) is 44.9 Å². The van der Waals surface area contributed by atoms with Crippen molar-refractivity contribution in [1.82, 2.24) is 5.32 Å². The van der Waals surface area contributed by atoms with Crippen LogP contribution in [0.4, 0.5) is 0 Å². The summed E-state index contributed by atoms with van der Waals surface area (Å²) in [6, 6.07) is 0. The Morgan fingerprint density at radius 2 is 2.25 bits per heavy atom. The molecular formula is C12H24N2O2. The van der Waals surface area contributed by atoms with Gasteiger partial charge in [-0.05, 0) is 32.1 Å². The van der Waals surface area contributed by atoms with Crippen LogP contribution < -0.4 is 11.1 Å². The molecule has 1 heterocycles. The molecule has 1 amide bonds. The first-order valence-corrected chi connectivity index (χ1v) is 6.41. The zero-order valence-corrected chi connectivity index (χ0v) is 10.0. The molecule has 0 aromatic heterocycles. The van der Waals surface area contributed by atoms with E-state index in [1.165, 1.54) is 19.3 Å². The summed E-state index contributed by atoms with van der Waals surface area (Å²) < 4.78 is 5.63. The SMILES string of the molecule is NCCNC(=O)CCCCC1CCCCO1. The van der Waals surface area contributed by atoms with Crippen LogP contribution in [0.5, 0.6) is 0 Å². The van der Waals surface area contributed by atoms with Gasteiger partial charge in [-0.2, -0.15) is 0 Å². The van der Waals surface area contributed by atoms with Gasteiger partial charge in [-0.3, -0.25) is 4.79 Å². The Kier molecular flexibility index (Phi) is 7.17. The zero-order valence-electron chi connectivity index (χ0n) is 10.0. The molecule has 0 aromatic carbocycles. The van der Waals surface area contributed by atoms with Crippen LogP contribution in [0.25, 0.3) is 0 Å². The second-order valence-electron chi connectivity index (χ2n) is 4.37. The van der Waals surface area contributed by atoms with E-state index in [1.807, 2.05) is 0 Å². The topological polar surface area (TPSA) is 64.3 Å². The maximum absolute atomic E-state index is 11.3. The second-order valence-corrected chi connectivity index (χ2v) is 4.37. The maximum atomic E-state index is 11.3. The number of ether oxygens (including phenoxy) is 1. The standard InChI is InChI=1S/C12H24N2O2/c13-8-9-14-12(15)7-2-1-5-11-6-3-4-10-16-11/h11H,1-10,13H2,(H,14,15). The lowest BCUT2D eigenvalue weighted by atomic mass is 10.0. The van der Waals surface area contributed by atoms with E-state index in [0.717, 1.165) is 25.9 Å². The molecule has 16 heavy (non-hydrogen) atoms. The number of amides is 1. The van der Waals surface area contributed by atoms with E-state index in [2.05, 4.69) is 5.32 Å². The summed E-state index contributed by atoms with van der Waals surface area (Å²) in [7, 11) is 0. The highest BCUT2D eigenvalue weighted by Crippen LogP contribution is 2.18. The summed E-state index contributed by atoms with van der Waals surface area (Å²) >= 11 is 0. The quantitative estimate of drug-likeness (QED) is 0.643. The number of hydrogen-bond donors (Lipinski definition) is 2. The molecule has 1 aliphatic heterocycles. The summed E-state index contributed by atoms with van der Waals surface area (Å²) in [6.07, 6.45) is 7.90. The van der Waals surface area contributed by atoms with Crippen LogP contribution in [0.15, 0.2) is 0 Å². The van der Waals surface area contributed by atoms with Crippen molar-refractivity contribution in [3.63, 3.8) is 0 Å². The molecule has 4 heteroatoms. The van der Waals surface area contributed by atoms with Gasteiger partial charge in [0.2, 0.25) is 5.91 Å². The third kappa shape index (κ3) is 6.08. The highest BCUT2D eigenvalue weighted by Gasteiger charge is 2.13. The number of rotatable bonds is 7. The van der Waals surface area contributed by atoms with E-state index >= 15 is 0 Å². The number of unbranched alkanes of at least 4 members (excludes halogenated alkanes) is 1. The van der Waals surface area contributed by atoms with Crippen LogP contribution in [0.3, 0.4) is 0 Å². The minimum absolute atomic E-state index is 0.120. The smallest absolute Gasteiger partial charge is 0.220 e. The number of nitrogens with two attached hydrogens (primary N) is 1. The predicted octanol–water partition coefficient (Wildman–Crippen LogP) is 1.19. The number of carbonyl (C=O) groups excluding carboxylic acids is 1. The molecule has 0 bridgehead atoms. The van der Waals surface area contributed by atoms with Gasteiger partial charge in [-0.1, -0.05) is 6.42 Å². The Labute approximate surface area is 97.9 Å². The highest BCUT2D eigenvalue weighted by molar-refractivity contribution is 5.75. The summed E-state index contributed by atoms with van der Waals surface area (Å²) in [5.74, 6) is 0.120. The van der Waals surface area contributed by atoms with Gasteiger partial charge < -0.3 is 15.8 Å². The van der Waals surface area contributed by atoms with Gasteiger partial charge in [0.1, 0.15) is 0 Å². The Balaban J connectivity index is 1.92. The molecule has 1 atom stereocenters. The molecule has 1 rings (SSSR count). The zero-order chi connectivity index (χ0) is 11.6. The van der Waals surface area contributed by atoms with Crippen LogP contribution in [0.2, 0.25) is 0 Å². The second kappa shape index (κ2) is 8.53. The van der Waals surface area contributed by atoms with Crippen LogP contribution in [-0.2, 0) is 9.53 Å². The number of hydrogen-bond acceptors (Lipinski definition) is 3. The first kappa shape index (κ1) is 13.5. The molecule has 3 N–H and O–H groups in total. The Morgan fingerprint density at radius 1 is 1.38 bits per heavy atom. The van der Waals surface area contributed by atoms with Crippen molar-refractivity contribution in [2.45, 2.75) is 51.0 Å². The molecule has 0 aromatic rings. The van der Waals surface area contributed by atoms with Gasteiger partial charge in [-0.15, -0.1) is 0 Å². The van der Waals surface area contributed by atoms with Crippen molar-refractivity contribution in [3.8, 4) is 0 Å². The third-order valence-corrected chi connectivity index (χ3v) is 2.92. The highest BCUT2D eigenvalue weighted by atomic mass is 16.5. The molecule has 94 valence electrons.